The van der Waals surface area contributed by atoms with Crippen LogP contribution >= 0.6 is 23.2 Å². The van der Waals surface area contributed by atoms with E-state index < -0.39 is 5.82 Å². The molecule has 100 valence electrons. The maximum Gasteiger partial charge on any atom is 0.160 e. The average molecular weight is 291 g/mol. The molecule has 18 heavy (non-hydrogen) atoms. The van der Waals surface area contributed by atoms with Crippen molar-refractivity contribution in [2.24, 2.45) is 0 Å². The van der Waals surface area contributed by atoms with E-state index in [0.29, 0.717) is 12.1 Å². The summed E-state index contributed by atoms with van der Waals surface area (Å²) in [6.45, 7) is 3.26. The average Bonchev–Trinajstić information content (AvgIpc) is 2.31. The first-order chi connectivity index (χ1) is 8.47. The maximum absolute atomic E-state index is 13.3. The van der Waals surface area contributed by atoms with Gasteiger partial charge in [-0.25, -0.2) is 4.39 Å². The van der Waals surface area contributed by atoms with Gasteiger partial charge in [0, 0.05) is 24.3 Å². The van der Waals surface area contributed by atoms with Gasteiger partial charge in [0.1, 0.15) is 0 Å². The third kappa shape index (κ3) is 3.08. The number of piperidine rings is 1. The molecule has 1 aliphatic heterocycles. The molecule has 2 atom stereocenters. The van der Waals surface area contributed by atoms with Crippen molar-refractivity contribution in [3.05, 3.63) is 28.0 Å². The van der Waals surface area contributed by atoms with Crippen molar-refractivity contribution in [3.8, 4) is 0 Å². The molecule has 2 rings (SSSR count). The summed E-state index contributed by atoms with van der Waals surface area (Å²) in [6, 6.07) is 4.11. The molecule has 0 aliphatic carbocycles. The summed E-state index contributed by atoms with van der Waals surface area (Å²) in [4.78, 5) is 2.34. The van der Waals surface area contributed by atoms with Crippen LogP contribution in [-0.4, -0.2) is 30.6 Å². The van der Waals surface area contributed by atoms with E-state index in [-0.39, 0.29) is 10.0 Å². The number of nitrogens with zero attached hydrogens (tertiary/aromatic N) is 1. The van der Waals surface area contributed by atoms with E-state index >= 15 is 0 Å². The van der Waals surface area contributed by atoms with Crippen molar-refractivity contribution < 1.29 is 4.39 Å². The lowest BCUT2D eigenvalue weighted by Gasteiger charge is -2.35. The lowest BCUT2D eigenvalue weighted by molar-refractivity contribution is 0.190. The minimum absolute atomic E-state index is 0.0611. The number of benzene rings is 1. The molecule has 5 heteroatoms. The Kier molecular flexibility index (Phi) is 4.36. The molecule has 0 aromatic heterocycles. The molecule has 1 saturated heterocycles. The first kappa shape index (κ1) is 13.9. The number of rotatable bonds is 2. The van der Waals surface area contributed by atoms with Gasteiger partial charge in [-0.3, -0.25) is 0 Å². The summed E-state index contributed by atoms with van der Waals surface area (Å²) >= 11 is 11.6. The van der Waals surface area contributed by atoms with Crippen LogP contribution in [-0.2, 0) is 0 Å². The zero-order chi connectivity index (χ0) is 13.3. The summed E-state index contributed by atoms with van der Waals surface area (Å²) in [7, 11) is 2.13. The molecule has 1 aromatic rings. The van der Waals surface area contributed by atoms with Crippen LogP contribution in [0.2, 0.25) is 10.0 Å². The van der Waals surface area contributed by atoms with Gasteiger partial charge < -0.3 is 10.2 Å². The maximum atomic E-state index is 13.3. The molecule has 1 aliphatic rings. The van der Waals surface area contributed by atoms with E-state index in [0.717, 1.165) is 25.1 Å². The minimum atomic E-state index is -0.555. The number of anilines is 1. The van der Waals surface area contributed by atoms with Crippen LogP contribution in [0.3, 0.4) is 0 Å². The zero-order valence-corrected chi connectivity index (χ0v) is 12.0. The first-order valence-electron chi connectivity index (χ1n) is 6.08. The second kappa shape index (κ2) is 5.64. The van der Waals surface area contributed by atoms with E-state index in [1.807, 2.05) is 0 Å². The fourth-order valence-corrected chi connectivity index (χ4v) is 2.78. The van der Waals surface area contributed by atoms with Gasteiger partial charge in [0.2, 0.25) is 0 Å². The Balaban J connectivity index is 2.06. The zero-order valence-electron chi connectivity index (χ0n) is 10.5. The van der Waals surface area contributed by atoms with Gasteiger partial charge in [-0.15, -0.1) is 0 Å². The van der Waals surface area contributed by atoms with Crippen molar-refractivity contribution in [2.45, 2.75) is 31.8 Å². The summed E-state index contributed by atoms with van der Waals surface area (Å²) in [5.74, 6) is -0.555. The van der Waals surface area contributed by atoms with Crippen LogP contribution in [0.5, 0.6) is 0 Å². The van der Waals surface area contributed by atoms with Crippen molar-refractivity contribution in [2.75, 3.05) is 18.9 Å². The topological polar surface area (TPSA) is 15.3 Å². The summed E-state index contributed by atoms with van der Waals surface area (Å²) in [5, 5.41) is 3.50. The van der Waals surface area contributed by atoms with Gasteiger partial charge in [0.05, 0.1) is 10.0 Å². The highest BCUT2D eigenvalue weighted by Gasteiger charge is 2.22. The van der Waals surface area contributed by atoms with E-state index in [9.17, 15) is 4.39 Å². The van der Waals surface area contributed by atoms with E-state index in [1.54, 1.807) is 12.1 Å². The molecule has 1 aromatic carbocycles. The molecule has 1 fully saturated rings. The number of likely N-dealkylation sites (tertiary alicyclic amines) is 1. The molecule has 2 nitrogen and oxygen atoms in total. The molecule has 0 radical (unpaired) electrons. The fourth-order valence-electron chi connectivity index (χ4n) is 2.30. The summed E-state index contributed by atoms with van der Waals surface area (Å²) in [6.07, 6.45) is 2.12. The van der Waals surface area contributed by atoms with Crippen LogP contribution in [0.25, 0.3) is 0 Å². The Morgan fingerprint density at radius 2 is 1.94 bits per heavy atom. The molecule has 2 unspecified atom stereocenters. The molecule has 1 N–H and O–H groups in total. The van der Waals surface area contributed by atoms with E-state index in [2.05, 4.69) is 24.2 Å². The highest BCUT2D eigenvalue weighted by Crippen LogP contribution is 2.29. The van der Waals surface area contributed by atoms with Gasteiger partial charge in [-0.1, -0.05) is 23.2 Å². The van der Waals surface area contributed by atoms with Crippen molar-refractivity contribution >= 4 is 28.9 Å². The van der Waals surface area contributed by atoms with Crippen LogP contribution < -0.4 is 5.32 Å². The minimum Gasteiger partial charge on any atom is -0.382 e. The first-order valence-corrected chi connectivity index (χ1v) is 6.84. The normalized spacial score (nSPS) is 25.2. The Labute approximate surface area is 117 Å². The number of nitrogens with one attached hydrogen (secondary N) is 1. The van der Waals surface area contributed by atoms with E-state index in [4.69, 9.17) is 23.2 Å². The van der Waals surface area contributed by atoms with Crippen molar-refractivity contribution in [1.82, 2.24) is 4.90 Å². The molecular weight excluding hydrogens is 274 g/mol. The number of hydrogen-bond acceptors (Lipinski definition) is 2. The third-order valence-corrected chi connectivity index (χ3v) is 4.11. The summed E-state index contributed by atoms with van der Waals surface area (Å²) in [5.41, 5.74) is 0.785. The van der Waals surface area contributed by atoms with Crippen molar-refractivity contribution in [3.63, 3.8) is 0 Å². The van der Waals surface area contributed by atoms with Crippen LogP contribution in [0.1, 0.15) is 19.8 Å². The van der Waals surface area contributed by atoms with Crippen LogP contribution in [0, 0.1) is 5.82 Å². The molecule has 0 bridgehead atoms. The van der Waals surface area contributed by atoms with Gasteiger partial charge in [-0.05, 0) is 38.9 Å². The third-order valence-electron chi connectivity index (χ3n) is 3.56. The molecular formula is C13H17Cl2FN2. The lowest BCUT2D eigenvalue weighted by Crippen LogP contribution is -2.42. The fraction of sp³-hybridized carbons (Fsp3) is 0.538. The Bertz CT molecular complexity index is 416. The quantitative estimate of drug-likeness (QED) is 0.828. The molecule has 1 heterocycles. The van der Waals surface area contributed by atoms with E-state index in [1.165, 1.54) is 0 Å². The van der Waals surface area contributed by atoms with Crippen molar-refractivity contribution in [1.29, 1.82) is 0 Å². The molecule has 0 spiro atoms. The number of hydrogen-bond donors (Lipinski definition) is 1. The monoisotopic (exact) mass is 290 g/mol. The standard InChI is InChI=1S/C13H17Cl2FN2/c1-8-5-9(3-4-18(8)2)17-10-6-11(14)13(16)12(15)7-10/h6-9,17H,3-5H2,1-2H3. The van der Waals surface area contributed by atoms with Crippen LogP contribution in [0.15, 0.2) is 12.1 Å². The van der Waals surface area contributed by atoms with Gasteiger partial charge in [-0.2, -0.15) is 0 Å². The van der Waals surface area contributed by atoms with Gasteiger partial charge in [0.25, 0.3) is 0 Å². The molecule has 0 amide bonds. The molecule has 0 saturated carbocycles. The predicted molar refractivity (Wildman–Crippen MR) is 75.2 cm³/mol. The lowest BCUT2D eigenvalue weighted by atomic mass is 9.99. The highest BCUT2D eigenvalue weighted by molar-refractivity contribution is 6.35. The summed E-state index contributed by atoms with van der Waals surface area (Å²) < 4.78 is 13.3. The highest BCUT2D eigenvalue weighted by atomic mass is 35.5. The predicted octanol–water partition coefficient (Wildman–Crippen LogP) is 4.03. The largest absolute Gasteiger partial charge is 0.382 e. The van der Waals surface area contributed by atoms with Gasteiger partial charge >= 0.3 is 0 Å². The second-order valence-electron chi connectivity index (χ2n) is 4.95. The Morgan fingerprint density at radius 1 is 1.33 bits per heavy atom. The SMILES string of the molecule is CC1CC(Nc2cc(Cl)c(F)c(Cl)c2)CCN1C. The second-order valence-corrected chi connectivity index (χ2v) is 5.76. The Hall–Kier alpha value is -0.510. The smallest absolute Gasteiger partial charge is 0.160 e. The Morgan fingerprint density at radius 3 is 2.50 bits per heavy atom. The number of halogens is 3. The van der Waals surface area contributed by atoms with Crippen LogP contribution in [0.4, 0.5) is 10.1 Å². The van der Waals surface area contributed by atoms with Gasteiger partial charge in [0.15, 0.2) is 5.82 Å².